The first-order valence-corrected chi connectivity index (χ1v) is 9.85. The van der Waals surface area contributed by atoms with E-state index in [4.69, 9.17) is 4.74 Å². The van der Waals surface area contributed by atoms with Crippen molar-refractivity contribution < 1.29 is 9.53 Å². The lowest BCUT2D eigenvalue weighted by Crippen LogP contribution is -2.34. The van der Waals surface area contributed by atoms with Crippen molar-refractivity contribution in [1.29, 1.82) is 0 Å². The Bertz CT molecular complexity index is 730. The van der Waals surface area contributed by atoms with Gasteiger partial charge >= 0.3 is 0 Å². The van der Waals surface area contributed by atoms with Crippen LogP contribution in [-0.2, 0) is 11.8 Å². The minimum atomic E-state index is 0.0214. The van der Waals surface area contributed by atoms with E-state index in [1.165, 1.54) is 11.8 Å². The Balaban J connectivity index is 1.95. The number of thioether (sulfide) groups is 1. The van der Waals surface area contributed by atoms with Gasteiger partial charge in [-0.3, -0.25) is 4.79 Å². The molecule has 0 fully saturated rings. The maximum absolute atomic E-state index is 12.2. The highest BCUT2D eigenvalue weighted by Gasteiger charge is 2.16. The van der Waals surface area contributed by atoms with Gasteiger partial charge in [-0.25, -0.2) is 0 Å². The van der Waals surface area contributed by atoms with E-state index in [1.807, 2.05) is 42.8 Å². The van der Waals surface area contributed by atoms with Crippen molar-refractivity contribution in [2.45, 2.75) is 44.8 Å². The van der Waals surface area contributed by atoms with E-state index in [9.17, 15) is 4.79 Å². The van der Waals surface area contributed by atoms with Crippen LogP contribution in [-0.4, -0.2) is 39.6 Å². The molecule has 6 nitrogen and oxygen atoms in total. The van der Waals surface area contributed by atoms with Crippen LogP contribution in [0.25, 0.3) is 11.4 Å². The van der Waals surface area contributed by atoms with Gasteiger partial charge in [-0.15, -0.1) is 10.2 Å². The maximum atomic E-state index is 12.2. The summed E-state index contributed by atoms with van der Waals surface area (Å²) in [7, 11) is 3.53. The third-order valence-electron chi connectivity index (χ3n) is 4.10. The van der Waals surface area contributed by atoms with Gasteiger partial charge in [0.25, 0.3) is 0 Å². The largest absolute Gasteiger partial charge is 0.496 e. The van der Waals surface area contributed by atoms with E-state index in [0.717, 1.165) is 30.0 Å². The first-order chi connectivity index (χ1) is 12.4. The van der Waals surface area contributed by atoms with Crippen LogP contribution in [0.5, 0.6) is 5.75 Å². The van der Waals surface area contributed by atoms with Crippen LogP contribution in [0.4, 0.5) is 0 Å². The normalized spacial score (nSPS) is 12.2. The van der Waals surface area contributed by atoms with Crippen molar-refractivity contribution in [3.05, 3.63) is 24.3 Å². The van der Waals surface area contributed by atoms with Crippen LogP contribution in [0.1, 0.15) is 33.6 Å². The second-order valence-electron chi connectivity index (χ2n) is 6.79. The van der Waals surface area contributed by atoms with Gasteiger partial charge in [-0.1, -0.05) is 37.7 Å². The lowest BCUT2D eigenvalue weighted by molar-refractivity contribution is -0.119. The molecule has 1 N–H and O–H groups in total. The van der Waals surface area contributed by atoms with Crippen LogP contribution >= 0.6 is 11.8 Å². The minimum absolute atomic E-state index is 0.0214. The molecule has 0 spiro atoms. The summed E-state index contributed by atoms with van der Waals surface area (Å²) in [6.45, 7) is 6.43. The molecular weight excluding hydrogens is 348 g/mol. The zero-order valence-electron chi connectivity index (χ0n) is 16.2. The third kappa shape index (κ3) is 5.49. The topological polar surface area (TPSA) is 69.0 Å². The summed E-state index contributed by atoms with van der Waals surface area (Å²) in [4.78, 5) is 12.2. The molecule has 1 aromatic heterocycles. The second-order valence-corrected chi connectivity index (χ2v) is 7.74. The molecule has 142 valence electrons. The molecule has 0 unspecified atom stereocenters. The van der Waals surface area contributed by atoms with Crippen molar-refractivity contribution in [1.82, 2.24) is 20.1 Å². The van der Waals surface area contributed by atoms with Gasteiger partial charge in [-0.05, 0) is 37.8 Å². The average Bonchev–Trinajstić information content (AvgIpc) is 2.98. The molecule has 0 aliphatic carbocycles. The Morgan fingerprint density at radius 1 is 1.23 bits per heavy atom. The zero-order chi connectivity index (χ0) is 19.1. The number of aromatic nitrogens is 3. The monoisotopic (exact) mass is 376 g/mol. The van der Waals surface area contributed by atoms with Gasteiger partial charge in [-0.2, -0.15) is 0 Å². The van der Waals surface area contributed by atoms with Gasteiger partial charge in [0.05, 0.1) is 18.4 Å². The van der Waals surface area contributed by atoms with Gasteiger partial charge in [0.1, 0.15) is 5.75 Å². The van der Waals surface area contributed by atoms with E-state index < -0.39 is 0 Å². The van der Waals surface area contributed by atoms with E-state index in [0.29, 0.717) is 16.8 Å². The number of hydrogen-bond donors (Lipinski definition) is 1. The summed E-state index contributed by atoms with van der Waals surface area (Å²) in [6.07, 6.45) is 2.11. The second kappa shape index (κ2) is 9.62. The SMILES string of the molecule is COc1ccccc1-c1nnc(SCC(=O)N[C@H](C)CCC(C)C)n1C. The quantitative estimate of drug-likeness (QED) is 0.678. The summed E-state index contributed by atoms with van der Waals surface area (Å²) >= 11 is 1.39. The Labute approximate surface area is 159 Å². The number of ether oxygens (including phenoxy) is 1. The Kier molecular flexibility index (Phi) is 7.50. The van der Waals surface area contributed by atoms with Crippen molar-refractivity contribution in [2.75, 3.05) is 12.9 Å². The van der Waals surface area contributed by atoms with Crippen molar-refractivity contribution >= 4 is 17.7 Å². The highest BCUT2D eigenvalue weighted by Crippen LogP contribution is 2.29. The van der Waals surface area contributed by atoms with Crippen molar-refractivity contribution in [2.24, 2.45) is 13.0 Å². The number of nitrogens with one attached hydrogen (secondary N) is 1. The highest BCUT2D eigenvalue weighted by molar-refractivity contribution is 7.99. The first-order valence-electron chi connectivity index (χ1n) is 8.87. The summed E-state index contributed by atoms with van der Waals surface area (Å²) in [5.41, 5.74) is 0.878. The molecule has 0 aliphatic rings. The van der Waals surface area contributed by atoms with Crippen LogP contribution < -0.4 is 10.1 Å². The van der Waals surface area contributed by atoms with Crippen LogP contribution in [0.2, 0.25) is 0 Å². The van der Waals surface area contributed by atoms with Gasteiger partial charge in [0.2, 0.25) is 5.91 Å². The minimum Gasteiger partial charge on any atom is -0.496 e. The average molecular weight is 377 g/mol. The number of methoxy groups -OCH3 is 1. The summed E-state index contributed by atoms with van der Waals surface area (Å²) < 4.78 is 7.28. The van der Waals surface area contributed by atoms with Gasteiger partial charge < -0.3 is 14.6 Å². The number of amides is 1. The van der Waals surface area contributed by atoms with Crippen molar-refractivity contribution in [3.63, 3.8) is 0 Å². The lowest BCUT2D eigenvalue weighted by Gasteiger charge is -2.14. The number of rotatable bonds is 9. The van der Waals surface area contributed by atoms with Gasteiger partial charge in [0.15, 0.2) is 11.0 Å². The molecule has 1 atom stereocenters. The van der Waals surface area contributed by atoms with Crippen molar-refractivity contribution in [3.8, 4) is 17.1 Å². The molecule has 0 aliphatic heterocycles. The number of benzene rings is 1. The number of nitrogens with zero attached hydrogens (tertiary/aromatic N) is 3. The fourth-order valence-electron chi connectivity index (χ4n) is 2.61. The number of carbonyl (C=O) groups is 1. The fraction of sp³-hybridized carbons (Fsp3) is 0.526. The molecule has 1 amide bonds. The number of para-hydroxylation sites is 1. The van der Waals surface area contributed by atoms with Crippen LogP contribution in [0.3, 0.4) is 0 Å². The predicted molar refractivity (Wildman–Crippen MR) is 105 cm³/mol. The molecule has 0 saturated carbocycles. The Morgan fingerprint density at radius 3 is 2.65 bits per heavy atom. The maximum Gasteiger partial charge on any atom is 0.230 e. The number of carbonyl (C=O) groups excluding carboxylic acids is 1. The molecule has 1 aromatic carbocycles. The molecule has 7 heteroatoms. The molecule has 26 heavy (non-hydrogen) atoms. The predicted octanol–water partition coefficient (Wildman–Crippen LogP) is 3.52. The molecule has 0 saturated heterocycles. The molecule has 1 heterocycles. The van der Waals surface area contributed by atoms with E-state index in [-0.39, 0.29) is 11.9 Å². The van der Waals surface area contributed by atoms with Crippen LogP contribution in [0.15, 0.2) is 29.4 Å². The molecule has 2 aromatic rings. The molecular formula is C19H28N4O2S. The van der Waals surface area contributed by atoms with E-state index in [1.54, 1.807) is 7.11 Å². The summed E-state index contributed by atoms with van der Waals surface area (Å²) in [5, 5.41) is 12.2. The Hall–Kier alpha value is -2.02. The lowest BCUT2D eigenvalue weighted by atomic mass is 10.0. The zero-order valence-corrected chi connectivity index (χ0v) is 17.0. The molecule has 0 bridgehead atoms. The Morgan fingerprint density at radius 2 is 1.96 bits per heavy atom. The smallest absolute Gasteiger partial charge is 0.230 e. The first kappa shape index (κ1) is 20.3. The van der Waals surface area contributed by atoms with Gasteiger partial charge in [0, 0.05) is 13.1 Å². The number of hydrogen-bond acceptors (Lipinski definition) is 5. The van der Waals surface area contributed by atoms with E-state index >= 15 is 0 Å². The molecule has 2 rings (SSSR count). The summed E-state index contributed by atoms with van der Waals surface area (Å²) in [6, 6.07) is 7.88. The molecule has 0 radical (unpaired) electrons. The van der Waals surface area contributed by atoms with E-state index in [2.05, 4.69) is 29.4 Å². The highest BCUT2D eigenvalue weighted by atomic mass is 32.2. The standard InChI is InChI=1S/C19H28N4O2S/c1-13(2)10-11-14(3)20-17(24)12-26-19-22-21-18(23(19)4)15-8-6-7-9-16(15)25-5/h6-9,13-14H,10-12H2,1-5H3,(H,20,24)/t14-/m1/s1. The fourth-order valence-corrected chi connectivity index (χ4v) is 3.33. The third-order valence-corrected chi connectivity index (χ3v) is 5.12. The van der Waals surface area contributed by atoms with Crippen LogP contribution in [0, 0.1) is 5.92 Å². The summed E-state index contributed by atoms with van der Waals surface area (Å²) in [5.74, 6) is 2.46.